The molecule has 46 heavy (non-hydrogen) atoms. The lowest BCUT2D eigenvalue weighted by molar-refractivity contribution is -0.920. The fraction of sp³-hybridized carbons (Fsp3) is 0.171. The summed E-state index contributed by atoms with van der Waals surface area (Å²) in [4.78, 5) is 0. The molecule has 8 aromatic rings. The van der Waals surface area contributed by atoms with Crippen LogP contribution in [0.3, 0.4) is 0 Å². The summed E-state index contributed by atoms with van der Waals surface area (Å²) in [6.07, 6.45) is 0. The molecule has 0 N–H and O–H groups in total. The van der Waals surface area contributed by atoms with Gasteiger partial charge in [-0.1, -0.05) is 64.1 Å². The van der Waals surface area contributed by atoms with Gasteiger partial charge in [0.15, 0.2) is 11.4 Å². The summed E-state index contributed by atoms with van der Waals surface area (Å²) in [5.41, 5.74) is 14.5. The average Bonchev–Trinajstić information content (AvgIpc) is 3.69. The van der Waals surface area contributed by atoms with Crippen molar-refractivity contribution in [2.24, 2.45) is 0 Å². The summed E-state index contributed by atoms with van der Waals surface area (Å²) in [6, 6.07) is 36.3. The number of para-hydroxylation sites is 2. The number of fused-ring (bicyclic) bond motifs is 9. The highest BCUT2D eigenvalue weighted by molar-refractivity contribution is 6.12. The Labute approximate surface area is 265 Å². The van der Waals surface area contributed by atoms with Crippen molar-refractivity contribution in [1.29, 1.82) is 0 Å². The average molecular weight is 595 g/mol. The summed E-state index contributed by atoms with van der Waals surface area (Å²) in [5, 5.41) is 5.31. The van der Waals surface area contributed by atoms with Crippen LogP contribution in [0.1, 0.15) is 61.8 Å². The molecule has 0 saturated carbocycles. The summed E-state index contributed by atoms with van der Waals surface area (Å²) in [6.45, 7) is 9.37. The Balaban J connectivity index is 1.48. The summed E-state index contributed by atoms with van der Waals surface area (Å²) in [7, 11) is 0. The predicted molar refractivity (Wildman–Crippen MR) is 181 cm³/mol. The maximum Gasteiger partial charge on any atom is 0.323 e. The molecular weight excluding hydrogens is 564 g/mol. The summed E-state index contributed by atoms with van der Waals surface area (Å²) in [5.74, 6) is 2.56. The first-order chi connectivity index (χ1) is 22.5. The quantitative estimate of drug-likeness (QED) is 0.184. The van der Waals surface area contributed by atoms with Gasteiger partial charge in [0.2, 0.25) is 0 Å². The van der Waals surface area contributed by atoms with Crippen LogP contribution in [0.4, 0.5) is 0 Å². The molecule has 0 bridgehead atoms. The molecule has 4 aromatic carbocycles. The lowest BCUT2D eigenvalue weighted by Gasteiger charge is -2.39. The minimum atomic E-state index is -0.642. The highest BCUT2D eigenvalue weighted by Gasteiger charge is 2.69. The normalized spacial score (nSPS) is 15.3. The maximum atomic E-state index is 6.95. The standard InChI is InChI=1S/C41H30N4O/c1-21(2)25-19-31-32-20-26(22(3)4)36-24-12-6-8-14-28(24)43-30-16-10-18-34-38(30)41(45(32)40(36)43)37-29(15-9-17-33(37)46-34)42-27-13-7-5-11-23(27)35(25)39(42)44(31)41/h5-22H,1-4H3/q+2. The fourth-order valence-electron chi connectivity index (χ4n) is 9.75. The number of nitrogens with zero attached hydrogens (tertiary/aromatic N) is 4. The van der Waals surface area contributed by atoms with Crippen molar-refractivity contribution in [1.82, 2.24) is 9.13 Å². The minimum Gasteiger partial charge on any atom is -0.456 e. The van der Waals surface area contributed by atoms with Crippen LogP contribution in [0.5, 0.6) is 11.5 Å². The molecule has 12 rings (SSSR count). The third-order valence-corrected chi connectivity index (χ3v) is 11.3. The first-order valence-electron chi connectivity index (χ1n) is 16.5. The van der Waals surface area contributed by atoms with Crippen molar-refractivity contribution in [2.75, 3.05) is 0 Å². The van der Waals surface area contributed by atoms with Crippen LogP contribution in [0.25, 0.3) is 66.6 Å². The first kappa shape index (κ1) is 23.9. The SMILES string of the molecule is CC(C)c1cc2[n+]3c4c1c1ccccc1n4-c1cccc4c1C31c3c(cccc3-n3c5ccccc5c5c(C(C)C)cc-2[n+]1c53)O4. The molecule has 0 amide bonds. The lowest BCUT2D eigenvalue weighted by Crippen LogP contribution is -2.75. The van der Waals surface area contributed by atoms with E-state index < -0.39 is 5.66 Å². The van der Waals surface area contributed by atoms with E-state index in [1.165, 1.54) is 88.9 Å². The molecule has 0 fully saturated rings. The van der Waals surface area contributed by atoms with Gasteiger partial charge in [-0.3, -0.25) is 0 Å². The highest BCUT2D eigenvalue weighted by Crippen LogP contribution is 2.58. The fourth-order valence-corrected chi connectivity index (χ4v) is 9.75. The molecule has 4 aromatic heterocycles. The molecule has 0 saturated heterocycles. The monoisotopic (exact) mass is 594 g/mol. The Morgan fingerprint density at radius 2 is 1.02 bits per heavy atom. The molecule has 0 aliphatic carbocycles. The number of ether oxygens (including phenoxy) is 1. The van der Waals surface area contributed by atoms with Gasteiger partial charge >= 0.3 is 5.66 Å². The molecule has 0 radical (unpaired) electrons. The third kappa shape index (κ3) is 2.22. The third-order valence-electron chi connectivity index (χ3n) is 11.3. The number of benzene rings is 4. The van der Waals surface area contributed by atoms with E-state index in [-0.39, 0.29) is 0 Å². The Bertz CT molecular complexity index is 2600. The van der Waals surface area contributed by atoms with Gasteiger partial charge in [-0.25, -0.2) is 0 Å². The Kier molecular flexibility index (Phi) is 3.81. The van der Waals surface area contributed by atoms with Gasteiger partial charge in [0.25, 0.3) is 11.3 Å². The highest BCUT2D eigenvalue weighted by atomic mass is 16.5. The van der Waals surface area contributed by atoms with E-state index in [0.717, 1.165) is 11.5 Å². The van der Waals surface area contributed by atoms with E-state index in [1.54, 1.807) is 0 Å². The Hall–Kier alpha value is -5.42. The van der Waals surface area contributed by atoms with Crippen molar-refractivity contribution in [3.8, 4) is 34.3 Å². The van der Waals surface area contributed by atoms with Gasteiger partial charge < -0.3 is 4.74 Å². The number of rotatable bonds is 2. The van der Waals surface area contributed by atoms with Crippen LogP contribution in [0.15, 0.2) is 97.1 Å². The summed E-state index contributed by atoms with van der Waals surface area (Å²) >= 11 is 0. The molecule has 4 aliphatic rings. The van der Waals surface area contributed by atoms with E-state index in [2.05, 4.69) is 143 Å². The molecule has 5 heteroatoms. The largest absolute Gasteiger partial charge is 0.456 e. The molecule has 218 valence electrons. The van der Waals surface area contributed by atoms with E-state index >= 15 is 0 Å². The maximum absolute atomic E-state index is 6.95. The Morgan fingerprint density at radius 3 is 1.48 bits per heavy atom. The predicted octanol–water partition coefficient (Wildman–Crippen LogP) is 8.71. The number of hydrogen-bond donors (Lipinski definition) is 0. The van der Waals surface area contributed by atoms with E-state index in [9.17, 15) is 0 Å². The summed E-state index contributed by atoms with van der Waals surface area (Å²) < 4.78 is 17.4. The van der Waals surface area contributed by atoms with Gasteiger partial charge in [0.1, 0.15) is 45.0 Å². The Morgan fingerprint density at radius 1 is 0.565 bits per heavy atom. The molecule has 0 unspecified atom stereocenters. The van der Waals surface area contributed by atoms with Gasteiger partial charge in [-0.05, 0) is 83.6 Å². The smallest absolute Gasteiger partial charge is 0.323 e. The van der Waals surface area contributed by atoms with Gasteiger partial charge in [-0.2, -0.15) is 18.3 Å². The topological polar surface area (TPSA) is 26.8 Å². The first-order valence-corrected chi connectivity index (χ1v) is 16.5. The second-order valence-electron chi connectivity index (χ2n) is 14.1. The van der Waals surface area contributed by atoms with Crippen LogP contribution >= 0.6 is 0 Å². The zero-order chi connectivity index (χ0) is 30.4. The van der Waals surface area contributed by atoms with E-state index in [1.807, 2.05) is 0 Å². The zero-order valence-electron chi connectivity index (χ0n) is 26.1. The van der Waals surface area contributed by atoms with Crippen LogP contribution in [0, 0.1) is 0 Å². The van der Waals surface area contributed by atoms with E-state index in [0.29, 0.717) is 11.8 Å². The van der Waals surface area contributed by atoms with Crippen LogP contribution in [-0.2, 0) is 5.66 Å². The van der Waals surface area contributed by atoms with Crippen LogP contribution < -0.4 is 13.9 Å². The molecule has 0 atom stereocenters. The second-order valence-corrected chi connectivity index (χ2v) is 14.1. The minimum absolute atomic E-state index is 0.352. The number of aromatic nitrogens is 4. The van der Waals surface area contributed by atoms with Gasteiger partial charge in [-0.15, -0.1) is 0 Å². The molecule has 4 aliphatic heterocycles. The number of hydrogen-bond acceptors (Lipinski definition) is 1. The molecule has 1 spiro atoms. The lowest BCUT2D eigenvalue weighted by atomic mass is 9.82. The van der Waals surface area contributed by atoms with E-state index in [4.69, 9.17) is 4.74 Å². The molecule has 5 nitrogen and oxygen atoms in total. The van der Waals surface area contributed by atoms with Gasteiger partial charge in [0, 0.05) is 10.8 Å². The van der Waals surface area contributed by atoms with Gasteiger partial charge in [0.05, 0.1) is 10.8 Å². The van der Waals surface area contributed by atoms with Crippen LogP contribution in [0.2, 0.25) is 0 Å². The van der Waals surface area contributed by atoms with Crippen molar-refractivity contribution in [3.63, 3.8) is 0 Å². The second kappa shape index (κ2) is 7.34. The number of pyridine rings is 2. The van der Waals surface area contributed by atoms with Crippen molar-refractivity contribution >= 4 is 43.9 Å². The van der Waals surface area contributed by atoms with Crippen molar-refractivity contribution in [3.05, 3.63) is 119 Å². The molecular formula is C41H30N4O+2. The van der Waals surface area contributed by atoms with Crippen molar-refractivity contribution < 1.29 is 13.9 Å². The van der Waals surface area contributed by atoms with Crippen LogP contribution in [-0.4, -0.2) is 9.13 Å². The van der Waals surface area contributed by atoms with Crippen molar-refractivity contribution in [2.45, 2.75) is 45.2 Å². The zero-order valence-corrected chi connectivity index (χ0v) is 26.1. The molecule has 8 heterocycles.